The minimum absolute atomic E-state index is 0.237. The van der Waals surface area contributed by atoms with Crippen molar-refractivity contribution in [3.05, 3.63) is 0 Å². The lowest BCUT2D eigenvalue weighted by Gasteiger charge is -2.22. The van der Waals surface area contributed by atoms with Gasteiger partial charge in [0.25, 0.3) is 0 Å². The third-order valence-corrected chi connectivity index (χ3v) is 3.32. The number of unbranched alkanes of at least 4 members (excludes halogenated alkanes) is 1. The Morgan fingerprint density at radius 1 is 1.39 bits per heavy atom. The van der Waals surface area contributed by atoms with Gasteiger partial charge in [0.1, 0.15) is 5.84 Å². The zero-order valence-electron chi connectivity index (χ0n) is 11.9. The van der Waals surface area contributed by atoms with E-state index >= 15 is 0 Å². The second-order valence-electron chi connectivity index (χ2n) is 5.65. The van der Waals surface area contributed by atoms with E-state index in [1.165, 1.54) is 0 Å². The smallest absolute Gasteiger partial charge is 0.144 e. The number of hydrogen-bond acceptors (Lipinski definition) is 4. The Morgan fingerprint density at radius 2 is 2.06 bits per heavy atom. The summed E-state index contributed by atoms with van der Waals surface area (Å²) >= 11 is 0. The molecule has 1 unspecified atom stereocenters. The van der Waals surface area contributed by atoms with Gasteiger partial charge in [0.15, 0.2) is 0 Å². The molecule has 108 valence electrons. The van der Waals surface area contributed by atoms with Crippen LogP contribution >= 0.6 is 0 Å². The molecule has 0 aliphatic heterocycles. The average Bonchev–Trinajstić information content (AvgIpc) is 2.32. The number of aliphatic hydroxyl groups is 1. The Kier molecular flexibility index (Phi) is 8.75. The van der Waals surface area contributed by atoms with Crippen molar-refractivity contribution >= 4 is 5.84 Å². The van der Waals surface area contributed by atoms with Crippen LogP contribution in [0.15, 0.2) is 5.16 Å². The summed E-state index contributed by atoms with van der Waals surface area (Å²) < 4.78 is 0. The van der Waals surface area contributed by atoms with Crippen molar-refractivity contribution in [2.45, 2.75) is 46.5 Å². The number of aliphatic hydroxyl groups excluding tert-OH is 1. The first-order chi connectivity index (χ1) is 8.44. The topological polar surface area (TPSA) is 90.9 Å². The Hall–Kier alpha value is -0.810. The molecule has 18 heavy (non-hydrogen) atoms. The highest BCUT2D eigenvalue weighted by Gasteiger charge is 2.22. The van der Waals surface area contributed by atoms with Gasteiger partial charge in [-0.2, -0.15) is 0 Å². The second-order valence-corrected chi connectivity index (χ2v) is 5.65. The van der Waals surface area contributed by atoms with Crippen LogP contribution in [0.2, 0.25) is 0 Å². The monoisotopic (exact) mass is 259 g/mol. The van der Waals surface area contributed by atoms with Crippen molar-refractivity contribution < 1.29 is 10.3 Å². The fourth-order valence-corrected chi connectivity index (χ4v) is 1.75. The molecule has 0 aromatic rings. The highest BCUT2D eigenvalue weighted by Crippen LogP contribution is 2.23. The number of oxime groups is 1. The summed E-state index contributed by atoms with van der Waals surface area (Å²) in [7, 11) is 0. The number of nitrogens with zero attached hydrogens (tertiary/aromatic N) is 1. The van der Waals surface area contributed by atoms with E-state index in [9.17, 15) is 0 Å². The molecule has 0 saturated carbocycles. The molecule has 5 heteroatoms. The predicted octanol–water partition coefficient (Wildman–Crippen LogP) is 1.54. The molecule has 0 spiro atoms. The molecule has 0 bridgehead atoms. The van der Waals surface area contributed by atoms with E-state index in [-0.39, 0.29) is 12.0 Å². The van der Waals surface area contributed by atoms with Crippen molar-refractivity contribution in [3.63, 3.8) is 0 Å². The van der Waals surface area contributed by atoms with E-state index in [4.69, 9.17) is 16.0 Å². The van der Waals surface area contributed by atoms with Gasteiger partial charge in [-0.05, 0) is 38.3 Å². The molecule has 1 atom stereocenters. The molecular weight excluding hydrogens is 230 g/mol. The summed E-state index contributed by atoms with van der Waals surface area (Å²) in [4.78, 5) is 0. The van der Waals surface area contributed by atoms with Crippen LogP contribution < -0.4 is 11.1 Å². The van der Waals surface area contributed by atoms with Crippen LogP contribution in [0.4, 0.5) is 0 Å². The molecule has 0 heterocycles. The van der Waals surface area contributed by atoms with Gasteiger partial charge >= 0.3 is 0 Å². The minimum Gasteiger partial charge on any atom is -0.409 e. The van der Waals surface area contributed by atoms with Crippen LogP contribution in [-0.4, -0.2) is 35.8 Å². The fourth-order valence-electron chi connectivity index (χ4n) is 1.75. The summed E-state index contributed by atoms with van der Waals surface area (Å²) in [6, 6.07) is 0. The zero-order valence-corrected chi connectivity index (χ0v) is 11.9. The van der Waals surface area contributed by atoms with Gasteiger partial charge in [-0.25, -0.2) is 0 Å². The van der Waals surface area contributed by atoms with Crippen LogP contribution in [0, 0.1) is 11.3 Å². The third-order valence-electron chi connectivity index (χ3n) is 3.32. The summed E-state index contributed by atoms with van der Waals surface area (Å²) in [6.07, 6.45) is 3.89. The van der Waals surface area contributed by atoms with E-state index in [0.29, 0.717) is 11.8 Å². The zero-order chi connectivity index (χ0) is 14.0. The predicted molar refractivity (Wildman–Crippen MR) is 74.8 cm³/mol. The SMILES string of the molecule is CC(CCO)CNCCCCC(C)(C)C(N)=NO. The average molecular weight is 259 g/mol. The van der Waals surface area contributed by atoms with Crippen LogP contribution in [0.5, 0.6) is 0 Å². The van der Waals surface area contributed by atoms with Crippen LogP contribution in [0.3, 0.4) is 0 Å². The molecule has 0 rings (SSSR count). The van der Waals surface area contributed by atoms with Gasteiger partial charge in [0.2, 0.25) is 0 Å². The summed E-state index contributed by atoms with van der Waals surface area (Å²) in [5.41, 5.74) is 5.39. The van der Waals surface area contributed by atoms with Gasteiger partial charge in [-0.3, -0.25) is 0 Å². The van der Waals surface area contributed by atoms with Crippen molar-refractivity contribution in [2.24, 2.45) is 22.2 Å². The lowest BCUT2D eigenvalue weighted by atomic mass is 9.86. The first-order valence-corrected chi connectivity index (χ1v) is 6.73. The van der Waals surface area contributed by atoms with Crippen molar-refractivity contribution in [3.8, 4) is 0 Å². The Labute approximate surface area is 110 Å². The highest BCUT2D eigenvalue weighted by molar-refractivity contribution is 5.85. The summed E-state index contributed by atoms with van der Waals surface area (Å²) in [5.74, 6) is 0.815. The number of hydrogen-bond donors (Lipinski definition) is 4. The minimum atomic E-state index is -0.237. The van der Waals surface area contributed by atoms with E-state index < -0.39 is 0 Å². The Bertz CT molecular complexity index is 242. The van der Waals surface area contributed by atoms with Crippen LogP contribution in [0.1, 0.15) is 46.5 Å². The van der Waals surface area contributed by atoms with Gasteiger partial charge < -0.3 is 21.4 Å². The molecule has 0 aromatic heterocycles. The van der Waals surface area contributed by atoms with Crippen LogP contribution in [0.25, 0.3) is 0 Å². The van der Waals surface area contributed by atoms with E-state index in [1.54, 1.807) is 0 Å². The first kappa shape index (κ1) is 17.2. The molecule has 0 aliphatic carbocycles. The summed E-state index contributed by atoms with van der Waals surface area (Å²) in [5, 5.41) is 23.9. The number of nitrogens with two attached hydrogens (primary N) is 1. The highest BCUT2D eigenvalue weighted by atomic mass is 16.4. The molecule has 0 fully saturated rings. The molecule has 0 saturated heterocycles. The maximum absolute atomic E-state index is 8.77. The van der Waals surface area contributed by atoms with Gasteiger partial charge in [0, 0.05) is 12.0 Å². The number of nitrogens with one attached hydrogen (secondary N) is 1. The molecule has 0 radical (unpaired) electrons. The van der Waals surface area contributed by atoms with Crippen molar-refractivity contribution in [1.29, 1.82) is 0 Å². The summed E-state index contributed by atoms with van der Waals surface area (Å²) in [6.45, 7) is 8.28. The van der Waals surface area contributed by atoms with Crippen molar-refractivity contribution in [1.82, 2.24) is 5.32 Å². The van der Waals surface area contributed by atoms with E-state index in [1.807, 2.05) is 13.8 Å². The first-order valence-electron chi connectivity index (χ1n) is 6.73. The third kappa shape index (κ3) is 7.50. The second kappa shape index (κ2) is 9.16. The molecule has 0 aliphatic rings. The van der Waals surface area contributed by atoms with Crippen LogP contribution in [-0.2, 0) is 0 Å². The molecule has 0 aromatic carbocycles. The number of rotatable bonds is 10. The standard InChI is InChI=1S/C13H29N3O2/c1-11(6-9-17)10-15-8-5-4-7-13(2,3)12(14)16-18/h11,15,17-18H,4-10H2,1-3H3,(H2,14,16). The molecule has 5 nitrogen and oxygen atoms in total. The Morgan fingerprint density at radius 3 is 2.61 bits per heavy atom. The largest absolute Gasteiger partial charge is 0.409 e. The maximum atomic E-state index is 8.77. The molecular formula is C13H29N3O2. The fraction of sp³-hybridized carbons (Fsp3) is 0.923. The quantitative estimate of drug-likeness (QED) is 0.157. The number of amidine groups is 1. The Balaban J connectivity index is 3.57. The van der Waals surface area contributed by atoms with Gasteiger partial charge in [-0.1, -0.05) is 32.3 Å². The lowest BCUT2D eigenvalue weighted by molar-refractivity contribution is 0.260. The molecule has 0 amide bonds. The molecule has 5 N–H and O–H groups in total. The van der Waals surface area contributed by atoms with E-state index in [0.717, 1.165) is 38.8 Å². The van der Waals surface area contributed by atoms with E-state index in [2.05, 4.69) is 17.4 Å². The normalized spacial score (nSPS) is 14.8. The van der Waals surface area contributed by atoms with Crippen molar-refractivity contribution in [2.75, 3.05) is 19.7 Å². The lowest BCUT2D eigenvalue weighted by Crippen LogP contribution is -2.32. The van der Waals surface area contributed by atoms with Gasteiger partial charge in [0.05, 0.1) is 0 Å². The maximum Gasteiger partial charge on any atom is 0.144 e. The van der Waals surface area contributed by atoms with Gasteiger partial charge in [-0.15, -0.1) is 0 Å².